The molecule has 0 saturated carbocycles. The summed E-state index contributed by atoms with van der Waals surface area (Å²) in [5, 5.41) is 121. The lowest BCUT2D eigenvalue weighted by Crippen LogP contribution is -2.66. The first-order valence-electron chi connectivity index (χ1n) is 47.1. The number of allylic oxidation sites excluding steroid dienone is 17. The minimum Gasteiger partial charge on any atom is -0.394 e. The number of amides is 1. The summed E-state index contributed by atoms with van der Waals surface area (Å²) in [4.78, 5) is 13.5. The van der Waals surface area contributed by atoms with Gasteiger partial charge in [-0.15, -0.1) is 0 Å². The van der Waals surface area contributed by atoms with Crippen molar-refractivity contribution >= 4 is 5.91 Å². The summed E-state index contributed by atoms with van der Waals surface area (Å²) in [6.45, 7) is 1.65. The van der Waals surface area contributed by atoms with Crippen LogP contribution in [0.2, 0.25) is 0 Å². The molecule has 19 nitrogen and oxygen atoms in total. The van der Waals surface area contributed by atoms with Crippen molar-refractivity contribution in [2.45, 2.75) is 471 Å². The maximum Gasteiger partial charge on any atom is 0.220 e. The minimum atomic E-state index is -1.99. The van der Waals surface area contributed by atoms with Gasteiger partial charge in [-0.3, -0.25) is 4.79 Å². The Balaban J connectivity index is 1.32. The van der Waals surface area contributed by atoms with Crippen molar-refractivity contribution in [3.05, 3.63) is 109 Å². The molecule has 0 aromatic carbocycles. The first kappa shape index (κ1) is 107. The van der Waals surface area contributed by atoms with Crippen molar-refractivity contribution in [2.24, 2.45) is 0 Å². The molecule has 1 amide bonds. The van der Waals surface area contributed by atoms with Crippen molar-refractivity contribution in [2.75, 3.05) is 26.4 Å². The zero-order valence-corrected chi connectivity index (χ0v) is 72.7. The molecule has 3 fully saturated rings. The molecule has 19 heteroatoms. The average Bonchev–Trinajstić information content (AvgIpc) is 0.779. The van der Waals surface area contributed by atoms with Gasteiger partial charge in [0.05, 0.1) is 38.6 Å². The highest BCUT2D eigenvalue weighted by atomic mass is 16.8. The van der Waals surface area contributed by atoms with E-state index < -0.39 is 124 Å². The average molecular weight is 1640 g/mol. The van der Waals surface area contributed by atoms with E-state index in [-0.39, 0.29) is 18.9 Å². The van der Waals surface area contributed by atoms with Crippen molar-refractivity contribution in [3.63, 3.8) is 0 Å². The molecule has 3 heterocycles. The van der Waals surface area contributed by atoms with E-state index in [2.05, 4.69) is 116 Å². The number of carbonyl (C=O) groups excluding carboxylic acids is 1. The van der Waals surface area contributed by atoms with E-state index >= 15 is 0 Å². The van der Waals surface area contributed by atoms with E-state index in [4.69, 9.17) is 28.4 Å². The molecule has 3 aliphatic heterocycles. The molecule has 3 saturated heterocycles. The lowest BCUT2D eigenvalue weighted by Gasteiger charge is -2.48. The maximum atomic E-state index is 13.5. The van der Waals surface area contributed by atoms with Crippen LogP contribution in [0.4, 0.5) is 0 Å². The Kier molecular flexibility index (Phi) is 69.1. The summed E-state index contributed by atoms with van der Waals surface area (Å²) in [7, 11) is 0. The van der Waals surface area contributed by atoms with Gasteiger partial charge in [-0.1, -0.05) is 380 Å². The van der Waals surface area contributed by atoms with Crippen LogP contribution < -0.4 is 5.32 Å². The second-order valence-corrected chi connectivity index (χ2v) is 33.1. The van der Waals surface area contributed by atoms with E-state index in [1.807, 2.05) is 6.08 Å². The lowest BCUT2D eigenvalue weighted by atomic mass is 9.96. The number of hydrogen-bond acceptors (Lipinski definition) is 18. The molecule has 116 heavy (non-hydrogen) atoms. The second-order valence-electron chi connectivity index (χ2n) is 33.1. The Bertz CT molecular complexity index is 2520. The van der Waals surface area contributed by atoms with Gasteiger partial charge in [0.25, 0.3) is 0 Å². The number of unbranched alkanes of at least 4 members (excludes halogenated alkanes) is 44. The van der Waals surface area contributed by atoms with Crippen LogP contribution in [0, 0.1) is 0 Å². The molecule has 0 aliphatic carbocycles. The van der Waals surface area contributed by atoms with Crippen LogP contribution in [0.25, 0.3) is 0 Å². The number of hydrogen-bond donors (Lipinski definition) is 12. The second kappa shape index (κ2) is 75.2. The fraction of sp³-hybridized carbons (Fsp3) is 0.804. The molecule has 672 valence electrons. The van der Waals surface area contributed by atoms with Gasteiger partial charge in [0.1, 0.15) is 73.2 Å². The molecule has 3 aliphatic rings. The zero-order chi connectivity index (χ0) is 83.8. The van der Waals surface area contributed by atoms with Gasteiger partial charge >= 0.3 is 0 Å². The van der Waals surface area contributed by atoms with Crippen molar-refractivity contribution in [3.8, 4) is 0 Å². The van der Waals surface area contributed by atoms with Crippen LogP contribution in [0.3, 0.4) is 0 Å². The first-order valence-corrected chi connectivity index (χ1v) is 47.1. The van der Waals surface area contributed by atoms with Gasteiger partial charge in [-0.05, 0) is 89.9 Å². The highest BCUT2D eigenvalue weighted by Gasteiger charge is 2.54. The smallest absolute Gasteiger partial charge is 0.220 e. The van der Waals surface area contributed by atoms with Crippen molar-refractivity contribution in [1.29, 1.82) is 0 Å². The molecule has 17 atom stereocenters. The largest absolute Gasteiger partial charge is 0.394 e. The summed E-state index contributed by atoms with van der Waals surface area (Å²) in [6, 6.07) is -0.997. The van der Waals surface area contributed by atoms with Gasteiger partial charge in [-0.2, -0.15) is 0 Å². The van der Waals surface area contributed by atoms with Gasteiger partial charge in [0.15, 0.2) is 18.9 Å². The van der Waals surface area contributed by atoms with E-state index in [0.29, 0.717) is 12.8 Å². The predicted molar refractivity (Wildman–Crippen MR) is 470 cm³/mol. The number of aliphatic hydroxyl groups excluding tert-OH is 11. The molecule has 12 N–H and O–H groups in total. The SMILES string of the molecule is CC/C=C\C/C=C\C/C=C\C/C=C\C/C=C\C/C=C\C/C=C\CCCCCCCCCCCCCCCCCCCC(=O)NC(COC1OC(CO)C(OC2OC(CO)C(OC3OC(CO)C(O)C(O)C3O)C(O)C2O)C(O)C1O)C(O)/C=C/CC/C=C/CCCCCCCCCCCCCCCCCCCCCCCCCCCC. The Morgan fingerprint density at radius 2 is 0.603 bits per heavy atom. The Morgan fingerprint density at radius 1 is 0.319 bits per heavy atom. The van der Waals surface area contributed by atoms with Crippen LogP contribution in [0.5, 0.6) is 0 Å². The fourth-order valence-electron chi connectivity index (χ4n) is 15.4. The summed E-state index contributed by atoms with van der Waals surface area (Å²) < 4.78 is 34.5. The van der Waals surface area contributed by atoms with Gasteiger partial charge < -0.3 is 89.9 Å². The molecule has 3 rings (SSSR count). The molecule has 0 radical (unpaired) electrons. The standard InChI is InChI=1S/C97H171NO18/c1-3-5-7-9-11-13-15-17-19-21-23-25-27-29-31-33-35-37-38-39-40-41-42-43-45-47-49-51-53-55-57-59-61-63-65-67-69-71-73-75-85(103)98-80(81(102)74-72-70-68-66-64-62-60-58-56-54-52-50-48-46-44-36-34-32-30-28-26-24-22-20-18-16-14-12-10-8-6-4-2)79-111-95-91(109)88(106)93(83(77-100)113-95)116-97-92(110)89(107)94(84(78-101)114-97)115-96-90(108)87(105)86(104)82(76-99)112-96/h5,7,11,13,17,19,23,25,29,31,35,37,39-40,64,66,72,74,80-84,86-97,99-102,104-110H,3-4,6,8-10,12,14-16,18,20-22,24,26-28,30,32-34,36,38,41-63,65,67-71,73,75-79H2,1-2H3,(H,98,103)/b7-5-,13-11-,19-17-,25-23-,31-29-,37-35-,40-39-,66-64+,74-72+. The van der Waals surface area contributed by atoms with E-state index in [1.165, 1.54) is 250 Å². The molecule has 0 aromatic heterocycles. The highest BCUT2D eigenvalue weighted by Crippen LogP contribution is 2.34. The number of nitrogens with one attached hydrogen (secondary N) is 1. The normalized spacial score (nSPS) is 25.0. The zero-order valence-electron chi connectivity index (χ0n) is 72.7. The maximum absolute atomic E-state index is 13.5. The fourth-order valence-corrected chi connectivity index (χ4v) is 15.4. The van der Waals surface area contributed by atoms with E-state index in [1.54, 1.807) is 6.08 Å². The predicted octanol–water partition coefficient (Wildman–Crippen LogP) is 18.8. The summed E-state index contributed by atoms with van der Waals surface area (Å²) in [5.74, 6) is -0.283. The number of carbonyl (C=O) groups is 1. The minimum absolute atomic E-state index is 0.232. The monoisotopic (exact) mass is 1640 g/mol. The van der Waals surface area contributed by atoms with Crippen molar-refractivity contribution < 1.29 is 89.4 Å². The van der Waals surface area contributed by atoms with Crippen LogP contribution >= 0.6 is 0 Å². The van der Waals surface area contributed by atoms with E-state index in [9.17, 15) is 61.0 Å². The lowest BCUT2D eigenvalue weighted by molar-refractivity contribution is -0.379. The van der Waals surface area contributed by atoms with Gasteiger partial charge in [0.2, 0.25) is 5.91 Å². The quantitative estimate of drug-likeness (QED) is 0.0199. The van der Waals surface area contributed by atoms with Gasteiger partial charge in [0, 0.05) is 6.42 Å². The van der Waals surface area contributed by atoms with Crippen LogP contribution in [0.1, 0.15) is 367 Å². The topological polar surface area (TPSA) is 307 Å². The van der Waals surface area contributed by atoms with E-state index in [0.717, 1.165) is 83.5 Å². The summed E-state index contributed by atoms with van der Waals surface area (Å²) >= 11 is 0. The van der Waals surface area contributed by atoms with Crippen LogP contribution in [-0.2, 0) is 33.2 Å². The number of aliphatic hydroxyl groups is 11. The number of rotatable bonds is 76. The molecule has 0 aromatic rings. The van der Waals surface area contributed by atoms with Gasteiger partial charge in [-0.25, -0.2) is 0 Å². The first-order chi connectivity index (χ1) is 56.8. The molecular formula is C97H171NO18. The molecular weight excluding hydrogens is 1470 g/mol. The Hall–Kier alpha value is -3.55. The highest BCUT2D eigenvalue weighted by molar-refractivity contribution is 5.76. The number of ether oxygens (including phenoxy) is 6. The molecule has 17 unspecified atom stereocenters. The molecule has 0 bridgehead atoms. The summed E-state index contributed by atoms with van der Waals surface area (Å²) in [5.41, 5.74) is 0. The third-order valence-electron chi connectivity index (χ3n) is 22.8. The van der Waals surface area contributed by atoms with Crippen LogP contribution in [0.15, 0.2) is 109 Å². The molecule has 0 spiro atoms. The Morgan fingerprint density at radius 3 is 0.966 bits per heavy atom. The van der Waals surface area contributed by atoms with Crippen LogP contribution in [-0.4, -0.2) is 193 Å². The van der Waals surface area contributed by atoms with Crippen molar-refractivity contribution in [1.82, 2.24) is 5.32 Å². The third kappa shape index (κ3) is 52.7. The summed E-state index contributed by atoms with van der Waals surface area (Å²) in [6.07, 6.45) is 79.6. The third-order valence-corrected chi connectivity index (χ3v) is 22.8. The Labute approximate surface area is 704 Å².